The molecule has 14 heteroatoms. The first kappa shape index (κ1) is 45.9. The van der Waals surface area contributed by atoms with Crippen LogP contribution in [-0.2, 0) is 22.6 Å². The van der Waals surface area contributed by atoms with Gasteiger partial charge in [-0.05, 0) is 81.3 Å². The third kappa shape index (κ3) is 13.0. The highest BCUT2D eigenvalue weighted by molar-refractivity contribution is 5.94. The molecule has 2 N–H and O–H groups in total. The van der Waals surface area contributed by atoms with E-state index < -0.39 is 11.6 Å². The van der Waals surface area contributed by atoms with Crippen LogP contribution in [0.25, 0.3) is 22.5 Å². The zero-order valence-electron chi connectivity index (χ0n) is 35.8. The highest BCUT2D eigenvalue weighted by Gasteiger charge is 2.27. The van der Waals surface area contributed by atoms with E-state index in [4.69, 9.17) is 23.7 Å². The molecule has 0 radical (unpaired) electrons. The third-order valence-electron chi connectivity index (χ3n) is 8.38. The Morgan fingerprint density at radius 2 is 1.09 bits per heavy atom. The van der Waals surface area contributed by atoms with Crippen LogP contribution in [0.5, 0.6) is 23.0 Å². The molecule has 2 heterocycles. The fraction of sp³-hybridized carbons (Fsp3) is 0.512. The lowest BCUT2D eigenvalue weighted by Crippen LogP contribution is -2.39. The van der Waals surface area contributed by atoms with Gasteiger partial charge in [-0.25, -0.2) is 4.79 Å². The van der Waals surface area contributed by atoms with Gasteiger partial charge >= 0.3 is 11.9 Å². The standard InChI is InChI=1S/C27H41N3O5.C16H20N2O4/c1-17(2)13-19(14-24(31)35-27(5,6)7)28-26(32)20-15-21(30(29-20)16-18(3)4)25-22(33-8)11-10-12-23(25)34-9;1-10(2)9-18-12(8-11(17-18)16(19)20)15-13(21-3)6-5-7-14(15)22-4/h10-12,15,17-19H,13-14,16H2,1-9H3,(H,28,32);5-8,10H,9H2,1-4H3,(H,19,20). The average molecular weight is 792 g/mol. The number of amides is 1. The van der Waals surface area contributed by atoms with Gasteiger partial charge in [0.05, 0.1) is 57.4 Å². The molecule has 1 amide bonds. The van der Waals surface area contributed by atoms with Crippen LogP contribution in [0.2, 0.25) is 0 Å². The van der Waals surface area contributed by atoms with Gasteiger partial charge in [0.25, 0.3) is 5.91 Å². The molecule has 1 atom stereocenters. The SMILES string of the molecule is COc1cccc(OC)c1-c1cc(C(=O)NC(CC(=O)OC(C)(C)C)CC(C)C)nn1CC(C)C.COc1cccc(OC)c1-c1cc(C(=O)O)nn1CC(C)C. The first-order valence-corrected chi connectivity index (χ1v) is 19.2. The van der Waals surface area contributed by atoms with E-state index in [2.05, 4.69) is 43.2 Å². The van der Waals surface area contributed by atoms with Crippen LogP contribution >= 0.6 is 0 Å². The number of rotatable bonds is 17. The number of methoxy groups -OCH3 is 4. The number of aromatic carboxylic acids is 1. The minimum Gasteiger partial charge on any atom is -0.496 e. The van der Waals surface area contributed by atoms with Crippen molar-refractivity contribution in [2.75, 3.05) is 28.4 Å². The van der Waals surface area contributed by atoms with E-state index in [1.54, 1.807) is 45.3 Å². The highest BCUT2D eigenvalue weighted by Crippen LogP contribution is 2.40. The number of carbonyl (C=O) groups excluding carboxylic acids is 2. The predicted octanol–water partition coefficient (Wildman–Crippen LogP) is 8.02. The van der Waals surface area contributed by atoms with Crippen molar-refractivity contribution in [1.82, 2.24) is 24.9 Å². The second kappa shape index (κ2) is 20.6. The summed E-state index contributed by atoms with van der Waals surface area (Å²) >= 11 is 0. The van der Waals surface area contributed by atoms with Crippen LogP contribution in [-0.4, -0.2) is 82.6 Å². The lowest BCUT2D eigenvalue weighted by atomic mass is 10.0. The van der Waals surface area contributed by atoms with Gasteiger partial charge < -0.3 is 34.1 Å². The Bertz CT molecular complexity index is 1910. The number of hydrogen-bond acceptors (Lipinski definition) is 10. The van der Waals surface area contributed by atoms with Gasteiger partial charge in [0.15, 0.2) is 11.4 Å². The number of carboxylic acids is 1. The first-order chi connectivity index (χ1) is 26.8. The maximum absolute atomic E-state index is 13.3. The summed E-state index contributed by atoms with van der Waals surface area (Å²) < 4.78 is 31.0. The lowest BCUT2D eigenvalue weighted by Gasteiger charge is -2.23. The largest absolute Gasteiger partial charge is 0.496 e. The molecule has 1 unspecified atom stereocenters. The molecule has 14 nitrogen and oxygen atoms in total. The topological polar surface area (TPSA) is 165 Å². The van der Waals surface area contributed by atoms with Crippen molar-refractivity contribution in [2.24, 2.45) is 17.8 Å². The van der Waals surface area contributed by atoms with Crippen molar-refractivity contribution in [3.63, 3.8) is 0 Å². The van der Waals surface area contributed by atoms with Crippen LogP contribution < -0.4 is 24.3 Å². The van der Waals surface area contributed by atoms with E-state index in [-0.39, 0.29) is 41.6 Å². The molecule has 0 aliphatic rings. The van der Waals surface area contributed by atoms with Gasteiger partial charge in [0.2, 0.25) is 0 Å². The van der Waals surface area contributed by atoms with E-state index in [1.165, 1.54) is 0 Å². The second-order valence-electron chi connectivity index (χ2n) is 16.0. The molecule has 0 fully saturated rings. The van der Waals surface area contributed by atoms with Gasteiger partial charge in [0, 0.05) is 19.1 Å². The Labute approximate surface area is 336 Å². The van der Waals surface area contributed by atoms with Crippen LogP contribution in [0.1, 0.15) is 96.1 Å². The molecule has 0 saturated carbocycles. The molecular formula is C43H61N5O9. The summed E-state index contributed by atoms with van der Waals surface area (Å²) in [5.74, 6) is 1.65. The zero-order valence-corrected chi connectivity index (χ0v) is 35.8. The lowest BCUT2D eigenvalue weighted by molar-refractivity contribution is -0.155. The Morgan fingerprint density at radius 3 is 1.44 bits per heavy atom. The van der Waals surface area contributed by atoms with Crippen LogP contribution in [0.4, 0.5) is 0 Å². The van der Waals surface area contributed by atoms with Crippen molar-refractivity contribution in [3.05, 3.63) is 59.9 Å². The Hall–Kier alpha value is -5.53. The third-order valence-corrected chi connectivity index (χ3v) is 8.38. The molecule has 2 aromatic carbocycles. The summed E-state index contributed by atoms with van der Waals surface area (Å²) in [7, 11) is 6.34. The first-order valence-electron chi connectivity index (χ1n) is 19.2. The Kier molecular flexibility index (Phi) is 16.6. The summed E-state index contributed by atoms with van der Waals surface area (Å²) in [6.07, 6.45) is 0.742. The van der Waals surface area contributed by atoms with Crippen molar-refractivity contribution in [3.8, 4) is 45.5 Å². The van der Waals surface area contributed by atoms with Crippen LogP contribution in [0.15, 0.2) is 48.5 Å². The van der Waals surface area contributed by atoms with E-state index in [9.17, 15) is 19.5 Å². The van der Waals surface area contributed by atoms with Crippen molar-refractivity contribution >= 4 is 17.8 Å². The number of nitrogens with zero attached hydrogens (tertiary/aromatic N) is 4. The average Bonchev–Trinajstić information content (AvgIpc) is 3.73. The molecule has 57 heavy (non-hydrogen) atoms. The minimum atomic E-state index is -1.06. The van der Waals surface area contributed by atoms with Gasteiger partial charge in [-0.3, -0.25) is 19.0 Å². The fourth-order valence-corrected chi connectivity index (χ4v) is 6.23. The van der Waals surface area contributed by atoms with Crippen LogP contribution in [0, 0.1) is 17.8 Å². The van der Waals surface area contributed by atoms with E-state index >= 15 is 0 Å². The molecule has 2 aromatic heterocycles. The molecule has 312 valence electrons. The molecule has 0 aliphatic heterocycles. The van der Waals surface area contributed by atoms with Crippen LogP contribution in [0.3, 0.4) is 0 Å². The molecule has 0 bridgehead atoms. The molecule has 0 saturated heterocycles. The highest BCUT2D eigenvalue weighted by atomic mass is 16.6. The molecule has 0 aliphatic carbocycles. The Morgan fingerprint density at radius 1 is 0.684 bits per heavy atom. The molecule has 4 rings (SSSR count). The number of benzene rings is 2. The summed E-state index contributed by atoms with van der Waals surface area (Å²) in [6.45, 7) is 19.1. The second-order valence-corrected chi connectivity index (χ2v) is 16.0. The molecule has 4 aromatic rings. The predicted molar refractivity (Wildman–Crippen MR) is 219 cm³/mol. The van der Waals surface area contributed by atoms with E-state index in [0.717, 1.165) is 11.3 Å². The van der Waals surface area contributed by atoms with Gasteiger partial charge in [-0.2, -0.15) is 10.2 Å². The summed E-state index contributed by atoms with van der Waals surface area (Å²) in [4.78, 5) is 37.0. The number of ether oxygens (including phenoxy) is 5. The van der Waals surface area contributed by atoms with E-state index in [0.29, 0.717) is 65.6 Å². The summed E-state index contributed by atoms with van der Waals surface area (Å²) in [6, 6.07) is 13.9. The van der Waals surface area contributed by atoms with Crippen molar-refractivity contribution in [1.29, 1.82) is 0 Å². The summed E-state index contributed by atoms with van der Waals surface area (Å²) in [5.41, 5.74) is 2.52. The summed E-state index contributed by atoms with van der Waals surface area (Å²) in [5, 5.41) is 21.0. The smallest absolute Gasteiger partial charge is 0.356 e. The van der Waals surface area contributed by atoms with Gasteiger partial charge in [-0.15, -0.1) is 0 Å². The number of esters is 1. The Balaban J connectivity index is 0.000000338. The van der Waals surface area contributed by atoms with Gasteiger partial charge in [0.1, 0.15) is 28.6 Å². The number of aromatic nitrogens is 4. The molecule has 0 spiro atoms. The number of carbonyl (C=O) groups is 3. The maximum atomic E-state index is 13.3. The maximum Gasteiger partial charge on any atom is 0.356 e. The number of hydrogen-bond donors (Lipinski definition) is 2. The monoisotopic (exact) mass is 791 g/mol. The fourth-order valence-electron chi connectivity index (χ4n) is 6.23. The van der Waals surface area contributed by atoms with Gasteiger partial charge in [-0.1, -0.05) is 53.7 Å². The quantitative estimate of drug-likeness (QED) is 0.0995. The zero-order chi connectivity index (χ0) is 42.6. The molecular weight excluding hydrogens is 730 g/mol. The normalized spacial score (nSPS) is 11.9. The van der Waals surface area contributed by atoms with E-state index in [1.807, 2.05) is 75.7 Å². The minimum absolute atomic E-state index is 0.00334. The van der Waals surface area contributed by atoms with Crippen molar-refractivity contribution in [2.45, 2.75) is 99.9 Å². The van der Waals surface area contributed by atoms with Crippen molar-refractivity contribution < 1.29 is 43.2 Å². The number of nitrogens with one attached hydrogen (secondary N) is 1. The number of carboxylic acid groups (broad SMARTS) is 1.